The predicted octanol–water partition coefficient (Wildman–Crippen LogP) is 2.57. The van der Waals surface area contributed by atoms with Crippen LogP contribution >= 0.6 is 11.6 Å². The van der Waals surface area contributed by atoms with Crippen LogP contribution in [0.1, 0.15) is 30.1 Å². The topological polar surface area (TPSA) is 42.4 Å². The summed E-state index contributed by atoms with van der Waals surface area (Å²) in [6, 6.07) is 3.45. The Bertz CT molecular complexity index is 385. The summed E-state index contributed by atoms with van der Waals surface area (Å²) in [4.78, 5) is 18.2. The number of nitrogens with zero attached hydrogens (tertiary/aromatic N) is 2. The van der Waals surface area contributed by atoms with Gasteiger partial charge in [-0.3, -0.25) is 4.79 Å². The van der Waals surface area contributed by atoms with Crippen molar-refractivity contribution in [1.29, 1.82) is 0 Å². The molecular weight excluding hydrogens is 252 g/mol. The van der Waals surface area contributed by atoms with E-state index in [4.69, 9.17) is 16.3 Å². The molecule has 0 spiro atoms. The number of methoxy groups -OCH3 is 1. The van der Waals surface area contributed by atoms with Gasteiger partial charge in [0.15, 0.2) is 0 Å². The Labute approximate surface area is 113 Å². The average molecular weight is 271 g/mol. The van der Waals surface area contributed by atoms with E-state index in [0.29, 0.717) is 30.4 Å². The fraction of sp³-hybridized carbons (Fsp3) is 0.538. The average Bonchev–Trinajstić information content (AvgIpc) is 2.42. The van der Waals surface area contributed by atoms with Crippen molar-refractivity contribution in [3.63, 3.8) is 0 Å². The van der Waals surface area contributed by atoms with Crippen LogP contribution in [0.5, 0.6) is 5.88 Å². The Morgan fingerprint density at radius 1 is 1.50 bits per heavy atom. The maximum absolute atomic E-state index is 12.4. The summed E-state index contributed by atoms with van der Waals surface area (Å²) < 4.78 is 5.11. The van der Waals surface area contributed by atoms with E-state index in [-0.39, 0.29) is 5.91 Å². The van der Waals surface area contributed by atoms with Gasteiger partial charge < -0.3 is 9.64 Å². The molecule has 1 rings (SSSR count). The van der Waals surface area contributed by atoms with Crippen molar-refractivity contribution < 1.29 is 9.53 Å². The third kappa shape index (κ3) is 3.88. The highest BCUT2D eigenvalue weighted by Crippen LogP contribution is 2.16. The Hall–Kier alpha value is -1.29. The van der Waals surface area contributed by atoms with Gasteiger partial charge in [0.05, 0.1) is 7.11 Å². The van der Waals surface area contributed by atoms with Gasteiger partial charge in [-0.15, -0.1) is 11.6 Å². The number of hydrogen-bond donors (Lipinski definition) is 0. The molecule has 0 aliphatic rings. The van der Waals surface area contributed by atoms with Crippen molar-refractivity contribution >= 4 is 17.5 Å². The minimum Gasteiger partial charge on any atom is -0.480 e. The van der Waals surface area contributed by atoms with E-state index in [2.05, 4.69) is 11.9 Å². The zero-order valence-corrected chi connectivity index (χ0v) is 11.6. The van der Waals surface area contributed by atoms with Crippen LogP contribution in [-0.2, 0) is 0 Å². The summed E-state index contributed by atoms with van der Waals surface area (Å²) in [5, 5.41) is 0. The Morgan fingerprint density at radius 3 is 2.89 bits per heavy atom. The van der Waals surface area contributed by atoms with E-state index in [9.17, 15) is 4.79 Å². The van der Waals surface area contributed by atoms with Gasteiger partial charge in [-0.1, -0.05) is 13.3 Å². The van der Waals surface area contributed by atoms with Crippen LogP contribution < -0.4 is 4.74 Å². The third-order valence-corrected chi connectivity index (χ3v) is 2.79. The first kappa shape index (κ1) is 14.8. The van der Waals surface area contributed by atoms with E-state index in [0.717, 1.165) is 12.8 Å². The molecule has 0 aliphatic carbocycles. The molecule has 0 aromatic carbocycles. The molecule has 0 saturated carbocycles. The number of carbonyl (C=O) groups is 1. The van der Waals surface area contributed by atoms with Crippen molar-refractivity contribution in [3.05, 3.63) is 23.9 Å². The molecule has 0 fully saturated rings. The molecule has 100 valence electrons. The molecule has 0 bridgehead atoms. The molecule has 1 amide bonds. The largest absolute Gasteiger partial charge is 0.480 e. The third-order valence-electron chi connectivity index (χ3n) is 2.62. The highest BCUT2D eigenvalue weighted by Gasteiger charge is 2.19. The van der Waals surface area contributed by atoms with E-state index < -0.39 is 0 Å². The number of carbonyl (C=O) groups excluding carboxylic acids is 1. The number of rotatable bonds is 7. The maximum atomic E-state index is 12.4. The fourth-order valence-electron chi connectivity index (χ4n) is 1.65. The number of pyridine rings is 1. The highest BCUT2D eigenvalue weighted by molar-refractivity contribution is 6.18. The van der Waals surface area contributed by atoms with Crippen LogP contribution in [0.2, 0.25) is 0 Å². The first-order chi connectivity index (χ1) is 8.74. The number of amides is 1. The van der Waals surface area contributed by atoms with E-state index in [1.165, 1.54) is 7.11 Å². The van der Waals surface area contributed by atoms with Crippen molar-refractivity contribution in [2.24, 2.45) is 0 Å². The van der Waals surface area contributed by atoms with Crippen LogP contribution in [0.25, 0.3) is 0 Å². The molecule has 0 unspecified atom stereocenters. The molecule has 0 radical (unpaired) electrons. The van der Waals surface area contributed by atoms with Crippen molar-refractivity contribution in [1.82, 2.24) is 9.88 Å². The first-order valence-electron chi connectivity index (χ1n) is 6.08. The smallest absolute Gasteiger partial charge is 0.259 e. The van der Waals surface area contributed by atoms with E-state index in [1.807, 2.05) is 0 Å². The van der Waals surface area contributed by atoms with Crippen molar-refractivity contribution in [3.8, 4) is 5.88 Å². The molecule has 0 N–H and O–H groups in total. The molecule has 4 nitrogen and oxygen atoms in total. The second-order valence-corrected chi connectivity index (χ2v) is 4.27. The van der Waals surface area contributed by atoms with Gasteiger partial charge in [-0.25, -0.2) is 4.98 Å². The van der Waals surface area contributed by atoms with Gasteiger partial charge in [-0.05, 0) is 18.6 Å². The summed E-state index contributed by atoms with van der Waals surface area (Å²) in [7, 11) is 1.51. The van der Waals surface area contributed by atoms with Gasteiger partial charge >= 0.3 is 0 Å². The van der Waals surface area contributed by atoms with Gasteiger partial charge in [-0.2, -0.15) is 0 Å². The van der Waals surface area contributed by atoms with Crippen LogP contribution in [0.4, 0.5) is 0 Å². The lowest BCUT2D eigenvalue weighted by Crippen LogP contribution is -2.34. The number of hydrogen-bond acceptors (Lipinski definition) is 3. The van der Waals surface area contributed by atoms with Crippen LogP contribution in [-0.4, -0.2) is 41.9 Å². The second-order valence-electron chi connectivity index (χ2n) is 3.89. The zero-order valence-electron chi connectivity index (χ0n) is 10.9. The van der Waals surface area contributed by atoms with Gasteiger partial charge in [0, 0.05) is 25.2 Å². The Balaban J connectivity index is 2.86. The molecule has 1 aromatic rings. The molecule has 18 heavy (non-hydrogen) atoms. The van der Waals surface area contributed by atoms with Crippen LogP contribution in [0.15, 0.2) is 18.3 Å². The molecule has 5 heteroatoms. The van der Waals surface area contributed by atoms with Crippen LogP contribution in [0, 0.1) is 0 Å². The number of aromatic nitrogens is 1. The second kappa shape index (κ2) is 7.93. The lowest BCUT2D eigenvalue weighted by Gasteiger charge is -2.22. The normalized spacial score (nSPS) is 10.2. The van der Waals surface area contributed by atoms with Crippen LogP contribution in [0.3, 0.4) is 0 Å². The molecule has 1 heterocycles. The summed E-state index contributed by atoms with van der Waals surface area (Å²) in [6.45, 7) is 3.34. The zero-order chi connectivity index (χ0) is 13.4. The molecule has 1 aromatic heterocycles. The quantitative estimate of drug-likeness (QED) is 0.715. The summed E-state index contributed by atoms with van der Waals surface area (Å²) >= 11 is 5.74. The van der Waals surface area contributed by atoms with Crippen molar-refractivity contribution in [2.45, 2.75) is 19.8 Å². The standard InChI is InChI=1S/C13H19ClN2O2/c1-3-4-9-16(10-7-14)13(17)11-6-5-8-15-12(11)18-2/h5-6,8H,3-4,7,9-10H2,1-2H3. The SMILES string of the molecule is CCCCN(CCCl)C(=O)c1cccnc1OC. The molecule has 0 atom stereocenters. The monoisotopic (exact) mass is 270 g/mol. The number of alkyl halides is 1. The lowest BCUT2D eigenvalue weighted by molar-refractivity contribution is 0.0759. The Morgan fingerprint density at radius 2 is 2.28 bits per heavy atom. The van der Waals surface area contributed by atoms with Crippen molar-refractivity contribution in [2.75, 3.05) is 26.1 Å². The maximum Gasteiger partial charge on any atom is 0.259 e. The molecule has 0 aliphatic heterocycles. The number of ether oxygens (including phenoxy) is 1. The molecular formula is C13H19ClN2O2. The number of unbranched alkanes of at least 4 members (excludes halogenated alkanes) is 1. The van der Waals surface area contributed by atoms with Gasteiger partial charge in [0.25, 0.3) is 5.91 Å². The summed E-state index contributed by atoms with van der Waals surface area (Å²) in [5.41, 5.74) is 0.487. The fourth-order valence-corrected chi connectivity index (χ4v) is 1.86. The predicted molar refractivity (Wildman–Crippen MR) is 72.3 cm³/mol. The van der Waals surface area contributed by atoms with Gasteiger partial charge in [0.1, 0.15) is 5.56 Å². The lowest BCUT2D eigenvalue weighted by atomic mass is 10.2. The van der Waals surface area contributed by atoms with Gasteiger partial charge in [0.2, 0.25) is 5.88 Å². The minimum atomic E-state index is -0.0750. The van der Waals surface area contributed by atoms with E-state index >= 15 is 0 Å². The first-order valence-corrected chi connectivity index (χ1v) is 6.62. The Kier molecular flexibility index (Phi) is 6.50. The summed E-state index contributed by atoms with van der Waals surface area (Å²) in [5.74, 6) is 0.713. The minimum absolute atomic E-state index is 0.0750. The summed E-state index contributed by atoms with van der Waals surface area (Å²) in [6.07, 6.45) is 3.61. The highest BCUT2D eigenvalue weighted by atomic mass is 35.5. The molecule has 0 saturated heterocycles. The number of halogens is 1. The van der Waals surface area contributed by atoms with E-state index in [1.54, 1.807) is 23.2 Å².